The summed E-state index contributed by atoms with van der Waals surface area (Å²) in [5.41, 5.74) is 9.78. The third-order valence-corrected chi connectivity index (χ3v) is 7.26. The molecule has 1 fully saturated rings. The lowest BCUT2D eigenvalue weighted by Gasteiger charge is -2.44. The van der Waals surface area contributed by atoms with Gasteiger partial charge in [-0.3, -0.25) is 29.5 Å². The minimum Gasteiger partial charge on any atom is -0.489 e. The largest absolute Gasteiger partial charge is 0.489 e. The van der Waals surface area contributed by atoms with Gasteiger partial charge in [0.25, 0.3) is 5.91 Å². The van der Waals surface area contributed by atoms with E-state index >= 15 is 0 Å². The number of hydroxylamine groups is 1. The molecule has 3 aromatic rings. The molecule has 0 radical (unpaired) electrons. The number of primary amides is 1. The van der Waals surface area contributed by atoms with E-state index in [1.807, 2.05) is 42.2 Å². The second kappa shape index (κ2) is 11.7. The van der Waals surface area contributed by atoms with Crippen LogP contribution in [0.5, 0.6) is 5.75 Å². The number of fused-ring (bicyclic) bond motifs is 1. The van der Waals surface area contributed by atoms with Crippen molar-refractivity contribution in [1.82, 2.24) is 15.4 Å². The highest BCUT2D eigenvalue weighted by Crippen LogP contribution is 2.34. The number of hydrogen-bond acceptors (Lipinski definition) is 8. The van der Waals surface area contributed by atoms with Crippen LogP contribution in [-0.4, -0.2) is 62.7 Å². The number of aromatic nitrogens is 1. The van der Waals surface area contributed by atoms with Crippen molar-refractivity contribution in [1.29, 1.82) is 0 Å². The van der Waals surface area contributed by atoms with Gasteiger partial charge in [-0.2, -0.15) is 0 Å². The molecule has 0 bridgehead atoms. The molecule has 0 unspecified atom stereocenters. The summed E-state index contributed by atoms with van der Waals surface area (Å²) in [5, 5.41) is 22.9. The number of carboxylic acid groups (broad SMARTS) is 1. The summed E-state index contributed by atoms with van der Waals surface area (Å²) in [6.45, 7) is 4.59. The first-order chi connectivity index (χ1) is 18.6. The average molecular weight is 536 g/mol. The molecule has 0 spiro atoms. The van der Waals surface area contributed by atoms with E-state index in [2.05, 4.69) is 10.3 Å². The topological polar surface area (TPSA) is 167 Å². The number of aryl methyl sites for hydroxylation is 1. The number of carbonyl (C=O) groups is 3. The minimum atomic E-state index is -0.929. The SMILES string of the molecule is Cc1cc(COc2ccc(C(N)=O)c(NC3(CC(=O)NO)CCN([C@@H](C)C(=O)O)CC3)c2)c2ccccc2n1. The van der Waals surface area contributed by atoms with Gasteiger partial charge in [-0.15, -0.1) is 0 Å². The van der Waals surface area contributed by atoms with Crippen molar-refractivity contribution in [3.63, 3.8) is 0 Å². The number of nitrogens with one attached hydrogen (secondary N) is 2. The van der Waals surface area contributed by atoms with Crippen molar-refractivity contribution < 1.29 is 29.4 Å². The zero-order valence-corrected chi connectivity index (χ0v) is 21.9. The number of benzene rings is 2. The Labute approximate surface area is 225 Å². The highest BCUT2D eigenvalue weighted by Gasteiger charge is 2.39. The summed E-state index contributed by atoms with van der Waals surface area (Å²) in [6.07, 6.45) is 0.692. The smallest absolute Gasteiger partial charge is 0.320 e. The average Bonchev–Trinajstić information content (AvgIpc) is 2.91. The lowest BCUT2D eigenvalue weighted by atomic mass is 9.83. The predicted octanol–water partition coefficient (Wildman–Crippen LogP) is 2.84. The first kappa shape index (κ1) is 27.8. The van der Waals surface area contributed by atoms with Crippen molar-refractivity contribution >= 4 is 34.4 Å². The Morgan fingerprint density at radius 3 is 2.54 bits per heavy atom. The molecule has 11 nitrogen and oxygen atoms in total. The van der Waals surface area contributed by atoms with Gasteiger partial charge in [0.1, 0.15) is 18.4 Å². The first-order valence-electron chi connectivity index (χ1n) is 12.7. The number of nitrogens with zero attached hydrogens (tertiary/aromatic N) is 2. The number of pyridine rings is 1. The second-order valence-electron chi connectivity index (χ2n) is 9.97. The monoisotopic (exact) mass is 535 g/mol. The van der Waals surface area contributed by atoms with E-state index < -0.39 is 29.4 Å². The summed E-state index contributed by atoms with van der Waals surface area (Å²) in [6, 6.07) is 14.0. The molecule has 2 aromatic carbocycles. The molecule has 4 rings (SSSR count). The number of rotatable bonds is 10. The molecule has 6 N–H and O–H groups in total. The molecule has 2 heterocycles. The Balaban J connectivity index is 1.60. The van der Waals surface area contributed by atoms with Gasteiger partial charge in [-0.1, -0.05) is 18.2 Å². The molecule has 2 amide bonds. The molecule has 1 saturated heterocycles. The Hall–Kier alpha value is -4.22. The first-order valence-corrected chi connectivity index (χ1v) is 12.7. The number of hydrogen-bond donors (Lipinski definition) is 5. The van der Waals surface area contributed by atoms with Crippen molar-refractivity contribution in [3.8, 4) is 5.75 Å². The van der Waals surface area contributed by atoms with Crippen LogP contribution >= 0.6 is 0 Å². The molecule has 206 valence electrons. The molecule has 11 heteroatoms. The van der Waals surface area contributed by atoms with Crippen LogP contribution in [-0.2, 0) is 16.2 Å². The zero-order valence-electron chi connectivity index (χ0n) is 21.9. The Bertz CT molecular complexity index is 1390. The normalized spacial score (nSPS) is 15.9. The fraction of sp³-hybridized carbons (Fsp3) is 0.357. The molecule has 1 aliphatic rings. The molecule has 1 aromatic heterocycles. The number of carboxylic acids is 1. The number of para-hydroxylation sites is 1. The number of piperidine rings is 1. The summed E-state index contributed by atoms with van der Waals surface area (Å²) in [5.74, 6) is -1.70. The van der Waals surface area contributed by atoms with Crippen molar-refractivity contribution in [2.75, 3.05) is 18.4 Å². The second-order valence-corrected chi connectivity index (χ2v) is 9.97. The van der Waals surface area contributed by atoms with E-state index in [0.29, 0.717) is 37.4 Å². The maximum absolute atomic E-state index is 12.3. The van der Waals surface area contributed by atoms with E-state index in [9.17, 15) is 24.7 Å². The van der Waals surface area contributed by atoms with Gasteiger partial charge in [-0.25, -0.2) is 5.48 Å². The Morgan fingerprint density at radius 1 is 1.15 bits per heavy atom. The summed E-state index contributed by atoms with van der Waals surface area (Å²) < 4.78 is 6.12. The van der Waals surface area contributed by atoms with Crippen LogP contribution in [0.1, 0.15) is 47.8 Å². The standard InChI is InChI=1S/C28H33N5O6/c1-17-13-19(21-5-3-4-6-23(21)30-17)16-39-20-7-8-22(26(29)35)24(14-20)31-28(15-25(34)32-38)9-11-33(12-10-28)18(2)27(36)37/h3-8,13-14,18,31,38H,9-12,15-16H2,1-2H3,(H2,29,35)(H,32,34)(H,36,37)/t18-/m0/s1. The van der Waals surface area contributed by atoms with Gasteiger partial charge in [0.05, 0.1) is 23.2 Å². The third kappa shape index (κ3) is 6.44. The number of ether oxygens (including phenoxy) is 1. The van der Waals surface area contributed by atoms with E-state index in [1.165, 1.54) is 0 Å². The number of carbonyl (C=O) groups excluding carboxylic acids is 2. The van der Waals surface area contributed by atoms with E-state index in [4.69, 9.17) is 10.5 Å². The van der Waals surface area contributed by atoms with Crippen LogP contribution < -0.4 is 21.3 Å². The third-order valence-electron chi connectivity index (χ3n) is 7.26. The molecule has 1 aliphatic heterocycles. The van der Waals surface area contributed by atoms with Crippen molar-refractivity contribution in [2.45, 2.75) is 51.3 Å². The van der Waals surface area contributed by atoms with Crippen molar-refractivity contribution in [3.05, 3.63) is 65.4 Å². The lowest BCUT2D eigenvalue weighted by molar-refractivity contribution is -0.143. The lowest BCUT2D eigenvalue weighted by Crippen LogP contribution is -2.54. The van der Waals surface area contributed by atoms with Gasteiger partial charge in [0, 0.05) is 41.3 Å². The van der Waals surface area contributed by atoms with Gasteiger partial charge in [0.15, 0.2) is 0 Å². The highest BCUT2D eigenvalue weighted by molar-refractivity contribution is 5.99. The maximum Gasteiger partial charge on any atom is 0.320 e. The fourth-order valence-electron chi connectivity index (χ4n) is 5.08. The minimum absolute atomic E-state index is 0.0929. The summed E-state index contributed by atoms with van der Waals surface area (Å²) >= 11 is 0. The summed E-state index contributed by atoms with van der Waals surface area (Å²) in [4.78, 5) is 42.4. The molecular weight excluding hydrogens is 502 g/mol. The molecule has 0 aliphatic carbocycles. The quantitative estimate of drug-likeness (QED) is 0.194. The molecule has 1 atom stereocenters. The van der Waals surface area contributed by atoms with E-state index in [1.54, 1.807) is 30.6 Å². The van der Waals surface area contributed by atoms with Crippen LogP contribution in [0.2, 0.25) is 0 Å². The number of likely N-dealkylation sites (tertiary alicyclic amines) is 1. The van der Waals surface area contributed by atoms with Crippen LogP contribution in [0.25, 0.3) is 10.9 Å². The maximum atomic E-state index is 12.3. The van der Waals surface area contributed by atoms with Crippen LogP contribution in [0.15, 0.2) is 48.5 Å². The molecule has 39 heavy (non-hydrogen) atoms. The molecular formula is C28H33N5O6. The number of nitrogens with two attached hydrogens (primary N) is 1. The predicted molar refractivity (Wildman–Crippen MR) is 145 cm³/mol. The van der Waals surface area contributed by atoms with E-state index in [0.717, 1.165) is 22.2 Å². The zero-order chi connectivity index (χ0) is 28.2. The number of anilines is 1. The van der Waals surface area contributed by atoms with Gasteiger partial charge in [-0.05, 0) is 51.0 Å². The Morgan fingerprint density at radius 2 is 1.87 bits per heavy atom. The number of aliphatic carboxylic acids is 1. The van der Waals surface area contributed by atoms with Crippen LogP contribution in [0, 0.1) is 6.92 Å². The highest BCUT2D eigenvalue weighted by atomic mass is 16.5. The van der Waals surface area contributed by atoms with Gasteiger partial charge >= 0.3 is 5.97 Å². The van der Waals surface area contributed by atoms with Crippen molar-refractivity contribution in [2.24, 2.45) is 5.73 Å². The molecule has 0 saturated carbocycles. The fourth-order valence-corrected chi connectivity index (χ4v) is 5.08. The summed E-state index contributed by atoms with van der Waals surface area (Å²) in [7, 11) is 0. The van der Waals surface area contributed by atoms with Crippen LogP contribution in [0.4, 0.5) is 5.69 Å². The van der Waals surface area contributed by atoms with Gasteiger partial charge in [0.2, 0.25) is 5.91 Å². The number of amides is 2. The van der Waals surface area contributed by atoms with Crippen LogP contribution in [0.3, 0.4) is 0 Å². The Kier molecular flexibility index (Phi) is 8.32. The van der Waals surface area contributed by atoms with Gasteiger partial charge < -0.3 is 20.9 Å². The van der Waals surface area contributed by atoms with E-state index in [-0.39, 0.29) is 18.6 Å².